The molecule has 0 aliphatic rings. The van der Waals surface area contributed by atoms with E-state index in [9.17, 15) is 9.59 Å². The van der Waals surface area contributed by atoms with Gasteiger partial charge in [0, 0.05) is 17.8 Å². The van der Waals surface area contributed by atoms with Crippen LogP contribution in [0.3, 0.4) is 0 Å². The van der Waals surface area contributed by atoms with E-state index in [0.29, 0.717) is 46.3 Å². The average Bonchev–Trinajstić information content (AvgIpc) is 3.19. The Kier molecular flexibility index (Phi) is 6.34. The number of nitrogens with zero attached hydrogens (tertiary/aromatic N) is 5. The number of carbonyl (C=O) groups is 1. The van der Waals surface area contributed by atoms with Gasteiger partial charge in [0.2, 0.25) is 0 Å². The fourth-order valence-corrected chi connectivity index (χ4v) is 3.96. The first-order valence-corrected chi connectivity index (χ1v) is 11.1. The zero-order valence-electron chi connectivity index (χ0n) is 16.7. The van der Waals surface area contributed by atoms with Gasteiger partial charge in [0.1, 0.15) is 16.7 Å². The molecule has 158 valence electrons. The Bertz CT molecular complexity index is 1300. The summed E-state index contributed by atoms with van der Waals surface area (Å²) in [6.07, 6.45) is 6.54. The Morgan fingerprint density at radius 3 is 2.90 bits per heavy atom. The van der Waals surface area contributed by atoms with Gasteiger partial charge in [-0.1, -0.05) is 23.7 Å². The normalized spacial score (nSPS) is 11.0. The number of carbonyl (C=O) groups excluding carboxylic acids is 1. The highest BCUT2D eigenvalue weighted by Crippen LogP contribution is 2.16. The molecule has 0 saturated heterocycles. The second-order valence-electron chi connectivity index (χ2n) is 6.73. The summed E-state index contributed by atoms with van der Waals surface area (Å²) in [4.78, 5) is 33.9. The fraction of sp³-hybridized carbons (Fsp3) is 0.190. The van der Waals surface area contributed by atoms with Crippen molar-refractivity contribution in [3.05, 3.63) is 81.6 Å². The molecule has 4 aromatic rings. The number of rotatable bonds is 7. The minimum absolute atomic E-state index is 0.180. The monoisotopic (exact) mass is 454 g/mol. The predicted octanol–water partition coefficient (Wildman–Crippen LogP) is 2.84. The highest BCUT2D eigenvalue weighted by Gasteiger charge is 2.13. The van der Waals surface area contributed by atoms with E-state index >= 15 is 0 Å². The number of thioether (sulfide) groups is 1. The number of fused-ring (bicyclic) bond motifs is 1. The van der Waals surface area contributed by atoms with Crippen molar-refractivity contribution in [2.45, 2.75) is 18.1 Å². The van der Waals surface area contributed by atoms with Gasteiger partial charge in [-0.3, -0.25) is 14.2 Å². The van der Waals surface area contributed by atoms with E-state index in [1.807, 2.05) is 24.5 Å². The second kappa shape index (κ2) is 9.32. The summed E-state index contributed by atoms with van der Waals surface area (Å²) in [5.74, 6) is -0.203. The number of hydrogen-bond acceptors (Lipinski definition) is 6. The summed E-state index contributed by atoms with van der Waals surface area (Å²) in [6, 6.07) is 10.8. The average molecular weight is 455 g/mol. The Hall–Kier alpha value is -3.17. The lowest BCUT2D eigenvalue weighted by Crippen LogP contribution is -2.28. The van der Waals surface area contributed by atoms with Crippen molar-refractivity contribution in [2.24, 2.45) is 0 Å². The van der Waals surface area contributed by atoms with E-state index in [-0.39, 0.29) is 11.5 Å². The van der Waals surface area contributed by atoms with E-state index < -0.39 is 0 Å². The zero-order valence-corrected chi connectivity index (χ0v) is 18.2. The van der Waals surface area contributed by atoms with E-state index in [4.69, 9.17) is 11.6 Å². The molecule has 31 heavy (non-hydrogen) atoms. The molecule has 0 spiro atoms. The molecule has 1 N–H and O–H groups in total. The predicted molar refractivity (Wildman–Crippen MR) is 121 cm³/mol. The largest absolute Gasteiger partial charge is 0.350 e. The van der Waals surface area contributed by atoms with Gasteiger partial charge in [0.25, 0.3) is 11.5 Å². The van der Waals surface area contributed by atoms with Gasteiger partial charge in [-0.05, 0) is 36.1 Å². The Morgan fingerprint density at radius 2 is 2.10 bits per heavy atom. The molecule has 1 amide bonds. The molecule has 1 aromatic carbocycles. The standard InChI is InChI=1S/C21H19ClN6O2S/c1-31-20-16(6-3-7-24-20)19(29)23-8-9-28-18-17(11-26-28)21(30)27(13-25-18)12-14-4-2-5-15(22)10-14/h2-7,10-11,13H,8-9,12H2,1H3,(H,23,29). The minimum atomic E-state index is -0.203. The maximum absolute atomic E-state index is 12.8. The van der Waals surface area contributed by atoms with Gasteiger partial charge in [-0.2, -0.15) is 5.10 Å². The van der Waals surface area contributed by atoms with E-state index in [1.165, 1.54) is 28.9 Å². The van der Waals surface area contributed by atoms with Crippen LogP contribution in [0.1, 0.15) is 15.9 Å². The molecular weight excluding hydrogens is 436 g/mol. The van der Waals surface area contributed by atoms with Crippen molar-refractivity contribution < 1.29 is 4.79 Å². The SMILES string of the molecule is CSc1ncccc1C(=O)NCCn1ncc2c(=O)n(Cc3cccc(Cl)c3)cnc21. The van der Waals surface area contributed by atoms with Gasteiger partial charge in [-0.25, -0.2) is 14.6 Å². The third-order valence-electron chi connectivity index (χ3n) is 4.68. The molecule has 3 aromatic heterocycles. The molecule has 0 atom stereocenters. The lowest BCUT2D eigenvalue weighted by Gasteiger charge is -2.09. The van der Waals surface area contributed by atoms with Crippen molar-refractivity contribution in [1.82, 2.24) is 29.6 Å². The van der Waals surface area contributed by atoms with Crippen LogP contribution in [0.4, 0.5) is 0 Å². The van der Waals surface area contributed by atoms with Crippen LogP contribution in [0, 0.1) is 0 Å². The lowest BCUT2D eigenvalue weighted by molar-refractivity contribution is 0.0948. The number of hydrogen-bond donors (Lipinski definition) is 1. The van der Waals surface area contributed by atoms with Gasteiger partial charge < -0.3 is 5.32 Å². The van der Waals surface area contributed by atoms with Crippen LogP contribution in [0.5, 0.6) is 0 Å². The molecular formula is C21H19ClN6O2S. The van der Waals surface area contributed by atoms with Crippen molar-refractivity contribution in [1.29, 1.82) is 0 Å². The molecule has 8 nitrogen and oxygen atoms in total. The van der Waals surface area contributed by atoms with Crippen molar-refractivity contribution in [3.8, 4) is 0 Å². The van der Waals surface area contributed by atoms with Crippen LogP contribution in [0.2, 0.25) is 5.02 Å². The molecule has 0 bridgehead atoms. The number of nitrogens with one attached hydrogen (secondary N) is 1. The second-order valence-corrected chi connectivity index (χ2v) is 7.96. The number of amides is 1. The van der Waals surface area contributed by atoms with E-state index in [1.54, 1.807) is 29.1 Å². The van der Waals surface area contributed by atoms with Gasteiger partial charge in [0.15, 0.2) is 5.65 Å². The maximum atomic E-state index is 12.8. The van der Waals surface area contributed by atoms with Crippen molar-refractivity contribution >= 4 is 40.3 Å². The smallest absolute Gasteiger partial charge is 0.264 e. The topological polar surface area (TPSA) is 94.7 Å². The molecule has 10 heteroatoms. The maximum Gasteiger partial charge on any atom is 0.264 e. The number of halogens is 1. The summed E-state index contributed by atoms with van der Waals surface area (Å²) in [5, 5.41) is 8.85. The Labute approximate surface area is 187 Å². The summed E-state index contributed by atoms with van der Waals surface area (Å²) < 4.78 is 3.13. The first-order chi connectivity index (χ1) is 15.1. The van der Waals surface area contributed by atoms with Crippen molar-refractivity contribution in [2.75, 3.05) is 12.8 Å². The number of benzene rings is 1. The van der Waals surface area contributed by atoms with Crippen LogP contribution in [-0.2, 0) is 13.1 Å². The molecule has 0 aliphatic carbocycles. The molecule has 3 heterocycles. The lowest BCUT2D eigenvalue weighted by atomic mass is 10.2. The Morgan fingerprint density at radius 1 is 1.23 bits per heavy atom. The number of pyridine rings is 1. The van der Waals surface area contributed by atoms with Crippen LogP contribution in [0.15, 0.2) is 64.9 Å². The zero-order chi connectivity index (χ0) is 21.8. The van der Waals surface area contributed by atoms with Crippen molar-refractivity contribution in [3.63, 3.8) is 0 Å². The summed E-state index contributed by atoms with van der Waals surface area (Å²) in [7, 11) is 0. The third kappa shape index (κ3) is 4.62. The van der Waals surface area contributed by atoms with Crippen LogP contribution >= 0.6 is 23.4 Å². The highest BCUT2D eigenvalue weighted by atomic mass is 35.5. The van der Waals surface area contributed by atoms with Gasteiger partial charge >= 0.3 is 0 Å². The van der Waals surface area contributed by atoms with E-state index in [0.717, 1.165) is 5.56 Å². The third-order valence-corrected chi connectivity index (χ3v) is 5.63. The van der Waals surface area contributed by atoms with Crippen LogP contribution in [0.25, 0.3) is 11.0 Å². The summed E-state index contributed by atoms with van der Waals surface area (Å²) >= 11 is 7.44. The summed E-state index contributed by atoms with van der Waals surface area (Å²) in [5.41, 5.74) is 1.74. The molecule has 0 fully saturated rings. The first kappa shape index (κ1) is 21.1. The minimum Gasteiger partial charge on any atom is -0.350 e. The molecule has 4 rings (SSSR count). The Balaban J connectivity index is 1.46. The van der Waals surface area contributed by atoms with E-state index in [2.05, 4.69) is 20.4 Å². The highest BCUT2D eigenvalue weighted by molar-refractivity contribution is 7.98. The van der Waals surface area contributed by atoms with Gasteiger partial charge in [0.05, 0.1) is 24.8 Å². The van der Waals surface area contributed by atoms with Crippen LogP contribution in [-0.4, -0.2) is 43.0 Å². The molecule has 0 unspecified atom stereocenters. The summed E-state index contributed by atoms with van der Waals surface area (Å²) in [6.45, 7) is 1.09. The van der Waals surface area contributed by atoms with Gasteiger partial charge in [-0.15, -0.1) is 11.8 Å². The fourth-order valence-electron chi connectivity index (χ4n) is 3.20. The molecule has 0 saturated carbocycles. The molecule has 0 radical (unpaired) electrons. The quantitative estimate of drug-likeness (QED) is 0.431. The molecule has 0 aliphatic heterocycles. The number of aromatic nitrogens is 5. The van der Waals surface area contributed by atoms with Crippen LogP contribution < -0.4 is 10.9 Å². The first-order valence-electron chi connectivity index (χ1n) is 9.49.